The highest BCUT2D eigenvalue weighted by Gasteiger charge is 2.19. The van der Waals surface area contributed by atoms with E-state index < -0.39 is 0 Å². The Morgan fingerprint density at radius 2 is 1.92 bits per heavy atom. The number of ether oxygens (including phenoxy) is 3. The molecule has 0 radical (unpaired) electrons. The van der Waals surface area contributed by atoms with Crippen LogP contribution in [0.15, 0.2) is 36.4 Å². The van der Waals surface area contributed by atoms with Gasteiger partial charge in [0.15, 0.2) is 11.5 Å². The molecular formula is C18H18ClNO4. The van der Waals surface area contributed by atoms with Gasteiger partial charge in [-0.15, -0.1) is 0 Å². The number of hydrogen-bond donors (Lipinski definition) is 1. The van der Waals surface area contributed by atoms with E-state index in [4.69, 9.17) is 25.8 Å². The molecule has 1 aliphatic heterocycles. The van der Waals surface area contributed by atoms with Crippen LogP contribution in [0, 0.1) is 0 Å². The molecule has 0 bridgehead atoms. The summed E-state index contributed by atoms with van der Waals surface area (Å²) in [6, 6.07) is 10.7. The second-order valence-electron chi connectivity index (χ2n) is 5.32. The van der Waals surface area contributed by atoms with Gasteiger partial charge in [0.25, 0.3) is 5.91 Å². The number of fused-ring (bicyclic) bond motifs is 1. The van der Waals surface area contributed by atoms with Crippen molar-refractivity contribution in [2.45, 2.75) is 13.0 Å². The molecule has 1 amide bonds. The van der Waals surface area contributed by atoms with Gasteiger partial charge in [-0.3, -0.25) is 4.79 Å². The lowest BCUT2D eigenvalue weighted by atomic mass is 10.1. The maximum atomic E-state index is 12.6. The molecule has 126 valence electrons. The molecule has 0 unspecified atom stereocenters. The molecule has 0 saturated carbocycles. The molecule has 6 heteroatoms. The second-order valence-corrected chi connectivity index (χ2v) is 5.73. The van der Waals surface area contributed by atoms with Crippen LogP contribution in [0.4, 0.5) is 0 Å². The number of methoxy groups -OCH3 is 1. The van der Waals surface area contributed by atoms with E-state index in [-0.39, 0.29) is 5.91 Å². The monoisotopic (exact) mass is 347 g/mol. The highest BCUT2D eigenvalue weighted by Crippen LogP contribution is 2.36. The minimum atomic E-state index is -0.262. The topological polar surface area (TPSA) is 56.8 Å². The van der Waals surface area contributed by atoms with E-state index in [9.17, 15) is 4.79 Å². The average molecular weight is 348 g/mol. The van der Waals surface area contributed by atoms with Crippen LogP contribution in [-0.2, 0) is 6.54 Å². The van der Waals surface area contributed by atoms with Crippen molar-refractivity contribution >= 4 is 17.5 Å². The summed E-state index contributed by atoms with van der Waals surface area (Å²) in [5.74, 6) is 1.32. The van der Waals surface area contributed by atoms with Crippen molar-refractivity contribution in [3.63, 3.8) is 0 Å². The summed E-state index contributed by atoms with van der Waals surface area (Å²) in [4.78, 5) is 12.6. The molecule has 1 N–H and O–H groups in total. The molecule has 2 aromatic carbocycles. The molecule has 1 aliphatic rings. The number of nitrogens with one attached hydrogen (secondary N) is 1. The van der Waals surface area contributed by atoms with Crippen LogP contribution < -0.4 is 19.5 Å². The van der Waals surface area contributed by atoms with E-state index in [1.54, 1.807) is 18.2 Å². The summed E-state index contributed by atoms with van der Waals surface area (Å²) in [5, 5.41) is 3.47. The number of halogens is 1. The third kappa shape index (κ3) is 3.57. The van der Waals surface area contributed by atoms with Crippen LogP contribution in [0.2, 0.25) is 5.02 Å². The normalized spacial score (nSPS) is 13.1. The van der Waals surface area contributed by atoms with Crippen LogP contribution in [-0.4, -0.2) is 26.2 Å². The zero-order valence-electron chi connectivity index (χ0n) is 13.3. The van der Waals surface area contributed by atoms with Crippen molar-refractivity contribution in [3.8, 4) is 17.2 Å². The summed E-state index contributed by atoms with van der Waals surface area (Å²) in [7, 11) is 1.52. The lowest BCUT2D eigenvalue weighted by molar-refractivity contribution is 0.0947. The Morgan fingerprint density at radius 1 is 1.21 bits per heavy atom. The largest absolute Gasteiger partial charge is 0.496 e. The van der Waals surface area contributed by atoms with Gasteiger partial charge in [0, 0.05) is 30.1 Å². The van der Waals surface area contributed by atoms with Gasteiger partial charge in [-0.2, -0.15) is 0 Å². The Hall–Kier alpha value is -2.40. The zero-order valence-corrected chi connectivity index (χ0v) is 14.1. The molecule has 0 aliphatic carbocycles. The Labute approximate surface area is 145 Å². The van der Waals surface area contributed by atoms with E-state index in [1.807, 2.05) is 18.2 Å². The van der Waals surface area contributed by atoms with E-state index in [0.29, 0.717) is 47.6 Å². The average Bonchev–Trinajstić information content (AvgIpc) is 2.84. The van der Waals surface area contributed by atoms with Crippen LogP contribution >= 0.6 is 11.6 Å². The second kappa shape index (κ2) is 7.45. The van der Waals surface area contributed by atoms with Crippen molar-refractivity contribution in [1.29, 1.82) is 0 Å². The molecule has 0 atom stereocenters. The maximum absolute atomic E-state index is 12.6. The molecular weight excluding hydrogens is 330 g/mol. The van der Waals surface area contributed by atoms with Gasteiger partial charge in [-0.05, 0) is 11.6 Å². The molecule has 0 aromatic heterocycles. The van der Waals surface area contributed by atoms with E-state index >= 15 is 0 Å². The predicted octanol–water partition coefficient (Wildman–Crippen LogP) is 3.44. The van der Waals surface area contributed by atoms with Crippen LogP contribution in [0.5, 0.6) is 17.2 Å². The summed E-state index contributed by atoms with van der Waals surface area (Å²) < 4.78 is 16.6. The molecule has 0 spiro atoms. The van der Waals surface area contributed by atoms with Crippen LogP contribution in [0.3, 0.4) is 0 Å². The first-order valence-corrected chi connectivity index (χ1v) is 8.06. The third-order valence-corrected chi connectivity index (χ3v) is 4.08. The molecule has 5 nitrogen and oxygen atoms in total. The predicted molar refractivity (Wildman–Crippen MR) is 91.2 cm³/mol. The fourth-order valence-electron chi connectivity index (χ4n) is 2.45. The number of carbonyl (C=O) groups excluding carboxylic acids is 1. The minimum absolute atomic E-state index is 0.262. The first-order chi connectivity index (χ1) is 11.7. The van der Waals surface area contributed by atoms with Gasteiger partial charge in [0.2, 0.25) is 0 Å². The van der Waals surface area contributed by atoms with Gasteiger partial charge in [-0.25, -0.2) is 0 Å². The van der Waals surface area contributed by atoms with Crippen LogP contribution in [0.1, 0.15) is 22.3 Å². The van der Waals surface area contributed by atoms with E-state index in [0.717, 1.165) is 12.0 Å². The highest BCUT2D eigenvalue weighted by atomic mass is 35.5. The van der Waals surface area contributed by atoms with Crippen molar-refractivity contribution in [2.75, 3.05) is 20.3 Å². The maximum Gasteiger partial charge on any atom is 0.255 e. The van der Waals surface area contributed by atoms with Gasteiger partial charge in [-0.1, -0.05) is 29.8 Å². The molecule has 0 fully saturated rings. The Balaban J connectivity index is 1.81. The summed E-state index contributed by atoms with van der Waals surface area (Å²) in [6.07, 6.45) is 0.797. The number of benzene rings is 2. The van der Waals surface area contributed by atoms with Gasteiger partial charge in [0.05, 0.1) is 25.9 Å². The van der Waals surface area contributed by atoms with Crippen molar-refractivity contribution in [2.24, 2.45) is 0 Å². The molecule has 2 aromatic rings. The Bertz CT molecular complexity index is 748. The number of hydrogen-bond acceptors (Lipinski definition) is 4. The van der Waals surface area contributed by atoms with Gasteiger partial charge in [0.1, 0.15) is 5.75 Å². The molecule has 3 rings (SSSR count). The summed E-state index contributed by atoms with van der Waals surface area (Å²) in [6.45, 7) is 1.46. The van der Waals surface area contributed by atoms with Gasteiger partial charge >= 0.3 is 0 Å². The fraction of sp³-hybridized carbons (Fsp3) is 0.278. The van der Waals surface area contributed by atoms with Crippen molar-refractivity contribution in [1.82, 2.24) is 5.32 Å². The number of carbonyl (C=O) groups is 1. The molecule has 1 heterocycles. The Morgan fingerprint density at radius 3 is 2.62 bits per heavy atom. The first-order valence-electron chi connectivity index (χ1n) is 7.68. The number of amides is 1. The minimum Gasteiger partial charge on any atom is -0.496 e. The van der Waals surface area contributed by atoms with Gasteiger partial charge < -0.3 is 19.5 Å². The lowest BCUT2D eigenvalue weighted by Crippen LogP contribution is -2.23. The smallest absolute Gasteiger partial charge is 0.255 e. The van der Waals surface area contributed by atoms with Crippen LogP contribution in [0.25, 0.3) is 0 Å². The van der Waals surface area contributed by atoms with E-state index in [2.05, 4.69) is 5.32 Å². The summed E-state index contributed by atoms with van der Waals surface area (Å²) in [5.41, 5.74) is 1.25. The Kier molecular flexibility index (Phi) is 5.11. The zero-order chi connectivity index (χ0) is 16.9. The quantitative estimate of drug-likeness (QED) is 0.920. The third-order valence-electron chi connectivity index (χ3n) is 3.71. The van der Waals surface area contributed by atoms with Crippen molar-refractivity contribution < 1.29 is 19.0 Å². The van der Waals surface area contributed by atoms with Crippen molar-refractivity contribution in [3.05, 3.63) is 52.5 Å². The first kappa shape index (κ1) is 16.5. The number of rotatable bonds is 4. The van der Waals surface area contributed by atoms with E-state index in [1.165, 1.54) is 7.11 Å². The standard InChI is InChI=1S/C18H18ClNO4/c1-22-15-10-17-16(23-7-4-8-24-17)9-13(15)18(21)20-11-12-5-2-3-6-14(12)19/h2-3,5-6,9-10H,4,7-8,11H2,1H3,(H,20,21). The molecule has 0 saturated heterocycles. The SMILES string of the molecule is COc1cc2c(cc1C(=O)NCc1ccccc1Cl)OCCCO2. The highest BCUT2D eigenvalue weighted by molar-refractivity contribution is 6.31. The molecule has 24 heavy (non-hydrogen) atoms. The fourth-order valence-corrected chi connectivity index (χ4v) is 2.65. The lowest BCUT2D eigenvalue weighted by Gasteiger charge is -2.14. The summed E-state index contributed by atoms with van der Waals surface area (Å²) >= 11 is 6.11.